The molecule has 30 heavy (non-hydrogen) atoms. The van der Waals surface area contributed by atoms with Crippen LogP contribution in [0.3, 0.4) is 0 Å². The minimum absolute atomic E-state index is 0.0946. The van der Waals surface area contributed by atoms with E-state index in [0.29, 0.717) is 5.56 Å². The molecule has 1 aliphatic rings. The fraction of sp³-hybridized carbons (Fsp3) is 0.292. The predicted octanol–water partition coefficient (Wildman–Crippen LogP) is 5.99. The van der Waals surface area contributed by atoms with Gasteiger partial charge in [0.2, 0.25) is 5.34 Å². The normalized spacial score (nSPS) is 21.7. The Morgan fingerprint density at radius 1 is 0.933 bits per heavy atom. The molecule has 0 spiro atoms. The van der Waals surface area contributed by atoms with Gasteiger partial charge in [0.05, 0.1) is 25.6 Å². The maximum atomic E-state index is 14.2. The van der Waals surface area contributed by atoms with Crippen LogP contribution in [0, 0.1) is 0 Å². The molecule has 0 aromatic heterocycles. The van der Waals surface area contributed by atoms with E-state index < -0.39 is 24.8 Å². The molecule has 0 saturated carbocycles. The van der Waals surface area contributed by atoms with Gasteiger partial charge in [-0.2, -0.15) is 0 Å². The molecule has 0 amide bonds. The van der Waals surface area contributed by atoms with Crippen LogP contribution in [0.2, 0.25) is 0 Å². The van der Waals surface area contributed by atoms with E-state index in [1.54, 1.807) is 13.8 Å². The Hall–Kier alpha value is -2.46. The zero-order chi connectivity index (χ0) is 21.2. The van der Waals surface area contributed by atoms with Crippen LogP contribution in [0.15, 0.2) is 72.8 Å². The summed E-state index contributed by atoms with van der Waals surface area (Å²) in [5.41, 5.74) is 1.47. The first-order chi connectivity index (χ1) is 14.5. The van der Waals surface area contributed by atoms with Crippen LogP contribution in [-0.2, 0) is 28.5 Å². The number of cyclic esters (lactones) is 1. The number of carbonyl (C=O) groups is 1. The van der Waals surface area contributed by atoms with E-state index in [2.05, 4.69) is 0 Å². The standard InChI is InChI=1S/C24H25O5P/c1-3-27-30(26,28-4-2)24(21-12-6-5-7-13-21)22(17-23(25)29-24)20-15-14-18-10-8-9-11-19(18)16-20/h5-16,22H,3-4,17H2,1-2H3. The van der Waals surface area contributed by atoms with Crippen molar-refractivity contribution in [2.75, 3.05) is 13.2 Å². The molecule has 0 N–H and O–H groups in total. The first kappa shape index (κ1) is 20.8. The van der Waals surface area contributed by atoms with Gasteiger partial charge in [-0.15, -0.1) is 0 Å². The Bertz CT molecular complexity index is 1090. The molecule has 2 unspecified atom stereocenters. The van der Waals surface area contributed by atoms with Crippen LogP contribution in [0.4, 0.5) is 0 Å². The highest BCUT2D eigenvalue weighted by Gasteiger charge is 2.65. The van der Waals surface area contributed by atoms with Gasteiger partial charge >= 0.3 is 13.6 Å². The van der Waals surface area contributed by atoms with Gasteiger partial charge in [-0.3, -0.25) is 9.36 Å². The molecular formula is C24H25O5P. The lowest BCUT2D eigenvalue weighted by Gasteiger charge is -2.38. The third-order valence-corrected chi connectivity index (χ3v) is 8.15. The topological polar surface area (TPSA) is 61.8 Å². The third-order valence-electron chi connectivity index (χ3n) is 5.48. The lowest BCUT2D eigenvalue weighted by atomic mass is 9.87. The van der Waals surface area contributed by atoms with Crippen molar-refractivity contribution in [3.63, 3.8) is 0 Å². The van der Waals surface area contributed by atoms with Gasteiger partial charge in [-0.05, 0) is 30.2 Å². The molecule has 3 aromatic rings. The smallest absolute Gasteiger partial charge is 0.379 e. The molecule has 0 aliphatic carbocycles. The quantitative estimate of drug-likeness (QED) is 0.344. The zero-order valence-corrected chi connectivity index (χ0v) is 18.0. The van der Waals surface area contributed by atoms with Gasteiger partial charge in [-0.25, -0.2) is 0 Å². The number of ether oxygens (including phenoxy) is 1. The number of hydrogen-bond donors (Lipinski definition) is 0. The van der Waals surface area contributed by atoms with Crippen molar-refractivity contribution in [2.24, 2.45) is 0 Å². The molecule has 6 heteroatoms. The molecular weight excluding hydrogens is 399 g/mol. The number of rotatable bonds is 7. The van der Waals surface area contributed by atoms with Crippen molar-refractivity contribution in [3.8, 4) is 0 Å². The van der Waals surface area contributed by atoms with E-state index >= 15 is 0 Å². The maximum absolute atomic E-state index is 14.2. The molecule has 0 radical (unpaired) electrons. The minimum Gasteiger partial charge on any atom is -0.440 e. The van der Waals surface area contributed by atoms with Gasteiger partial charge in [0.15, 0.2) is 0 Å². The molecule has 1 heterocycles. The summed E-state index contributed by atoms with van der Waals surface area (Å²) in [4.78, 5) is 12.7. The van der Waals surface area contributed by atoms with E-state index in [0.717, 1.165) is 16.3 Å². The molecule has 0 bridgehead atoms. The van der Waals surface area contributed by atoms with Gasteiger partial charge in [0.1, 0.15) is 0 Å². The lowest BCUT2D eigenvalue weighted by Crippen LogP contribution is -2.33. The van der Waals surface area contributed by atoms with Gasteiger partial charge in [0.25, 0.3) is 0 Å². The van der Waals surface area contributed by atoms with Crippen LogP contribution >= 0.6 is 7.60 Å². The second kappa shape index (κ2) is 8.35. The summed E-state index contributed by atoms with van der Waals surface area (Å²) in [7, 11) is -3.88. The third kappa shape index (κ3) is 3.37. The van der Waals surface area contributed by atoms with Crippen LogP contribution in [0.25, 0.3) is 10.8 Å². The largest absolute Gasteiger partial charge is 0.440 e. The summed E-state index contributed by atoms with van der Waals surface area (Å²) in [5.74, 6) is -0.933. The Morgan fingerprint density at radius 2 is 1.57 bits per heavy atom. The number of fused-ring (bicyclic) bond motifs is 1. The lowest BCUT2D eigenvalue weighted by molar-refractivity contribution is -0.145. The predicted molar refractivity (Wildman–Crippen MR) is 116 cm³/mol. The summed E-state index contributed by atoms with van der Waals surface area (Å²) in [6.07, 6.45) is 0.0946. The van der Waals surface area contributed by atoms with Crippen molar-refractivity contribution in [2.45, 2.75) is 31.5 Å². The molecule has 1 aliphatic heterocycles. The summed E-state index contributed by atoms with van der Waals surface area (Å²) >= 11 is 0. The van der Waals surface area contributed by atoms with Gasteiger partial charge < -0.3 is 13.8 Å². The summed E-state index contributed by atoms with van der Waals surface area (Å²) in [5, 5.41) is 0.591. The maximum Gasteiger partial charge on any atom is 0.379 e. The highest BCUT2D eigenvalue weighted by molar-refractivity contribution is 7.55. The van der Waals surface area contributed by atoms with Crippen molar-refractivity contribution >= 4 is 24.3 Å². The Balaban J connectivity index is 1.96. The average Bonchev–Trinajstić information content (AvgIpc) is 3.13. The van der Waals surface area contributed by atoms with Crippen molar-refractivity contribution in [1.29, 1.82) is 0 Å². The van der Waals surface area contributed by atoms with Crippen LogP contribution in [0.1, 0.15) is 37.3 Å². The van der Waals surface area contributed by atoms with Crippen molar-refractivity contribution in [3.05, 3.63) is 83.9 Å². The molecule has 4 rings (SSSR count). The Kier molecular flexibility index (Phi) is 5.79. The molecule has 3 aromatic carbocycles. The zero-order valence-electron chi connectivity index (χ0n) is 17.1. The SMILES string of the molecule is CCOP(=O)(OCC)C1(c2ccccc2)OC(=O)CC1c1ccc2ccccc2c1. The van der Waals surface area contributed by atoms with E-state index in [-0.39, 0.29) is 19.6 Å². The van der Waals surface area contributed by atoms with Gasteiger partial charge in [-0.1, -0.05) is 72.8 Å². The molecule has 1 saturated heterocycles. The fourth-order valence-electron chi connectivity index (χ4n) is 4.27. The van der Waals surface area contributed by atoms with Crippen LogP contribution < -0.4 is 0 Å². The summed E-state index contributed by atoms with van der Waals surface area (Å²) < 4.78 is 31.7. The fourth-order valence-corrected chi connectivity index (χ4v) is 6.71. The number of esters is 1. The minimum atomic E-state index is -3.88. The van der Waals surface area contributed by atoms with Gasteiger partial charge in [0, 0.05) is 5.56 Å². The summed E-state index contributed by atoms with van der Waals surface area (Å²) in [6, 6.07) is 23.2. The second-order valence-corrected chi connectivity index (χ2v) is 9.41. The van der Waals surface area contributed by atoms with E-state index in [9.17, 15) is 9.36 Å². The van der Waals surface area contributed by atoms with Crippen LogP contribution in [-0.4, -0.2) is 19.2 Å². The van der Waals surface area contributed by atoms with Crippen LogP contribution in [0.5, 0.6) is 0 Å². The van der Waals surface area contributed by atoms with Crippen molar-refractivity contribution in [1.82, 2.24) is 0 Å². The summed E-state index contributed by atoms with van der Waals surface area (Å²) in [6.45, 7) is 3.86. The Morgan fingerprint density at radius 3 is 2.23 bits per heavy atom. The average molecular weight is 424 g/mol. The number of benzene rings is 3. The van der Waals surface area contributed by atoms with E-state index in [4.69, 9.17) is 13.8 Å². The molecule has 156 valence electrons. The number of carbonyl (C=O) groups excluding carboxylic acids is 1. The van der Waals surface area contributed by atoms with E-state index in [1.165, 1.54) is 0 Å². The molecule has 5 nitrogen and oxygen atoms in total. The molecule has 1 fully saturated rings. The molecule has 2 atom stereocenters. The highest BCUT2D eigenvalue weighted by atomic mass is 31.2. The first-order valence-corrected chi connectivity index (χ1v) is 11.7. The first-order valence-electron chi connectivity index (χ1n) is 10.2. The van der Waals surface area contributed by atoms with Crippen molar-refractivity contribution < 1.29 is 23.1 Å². The monoisotopic (exact) mass is 424 g/mol. The second-order valence-electron chi connectivity index (χ2n) is 7.23. The Labute approximate surface area is 176 Å². The number of hydrogen-bond acceptors (Lipinski definition) is 5. The van der Waals surface area contributed by atoms with E-state index in [1.807, 2.05) is 72.8 Å². The highest BCUT2D eigenvalue weighted by Crippen LogP contribution is 2.73.